The summed E-state index contributed by atoms with van der Waals surface area (Å²) in [5, 5.41) is 9.24. The molecule has 0 unspecified atom stereocenters. The van der Waals surface area contributed by atoms with Crippen LogP contribution in [-0.2, 0) is 17.9 Å². The largest absolute Gasteiger partial charge is 0.481 e. The Labute approximate surface area is 124 Å². The fourth-order valence-electron chi connectivity index (χ4n) is 3.07. The molecule has 0 saturated carbocycles. The lowest BCUT2D eigenvalue weighted by Crippen LogP contribution is -2.48. The van der Waals surface area contributed by atoms with Crippen LogP contribution in [0.5, 0.6) is 0 Å². The summed E-state index contributed by atoms with van der Waals surface area (Å²) in [6, 6.07) is 8.12. The van der Waals surface area contributed by atoms with Crippen LogP contribution in [0.25, 0.3) is 0 Å². The van der Waals surface area contributed by atoms with Gasteiger partial charge in [0.2, 0.25) is 0 Å². The first-order valence-corrected chi connectivity index (χ1v) is 7.34. The summed E-state index contributed by atoms with van der Waals surface area (Å²) in [6.45, 7) is 4.12. The fourth-order valence-corrected chi connectivity index (χ4v) is 3.07. The number of hydrogen-bond donors (Lipinski definition) is 1. The first-order valence-electron chi connectivity index (χ1n) is 7.34. The number of carbonyl (C=O) groups is 2. The third-order valence-electron chi connectivity index (χ3n) is 4.77. The molecular formula is C16H20N2O3. The van der Waals surface area contributed by atoms with Gasteiger partial charge >= 0.3 is 12.0 Å². The van der Waals surface area contributed by atoms with Crippen LogP contribution >= 0.6 is 0 Å². The van der Waals surface area contributed by atoms with Crippen molar-refractivity contribution in [3.63, 3.8) is 0 Å². The third-order valence-corrected chi connectivity index (χ3v) is 4.77. The molecule has 2 aliphatic heterocycles. The topological polar surface area (TPSA) is 60.9 Å². The Bertz CT molecular complexity index is 552. The molecule has 0 aromatic heterocycles. The highest BCUT2D eigenvalue weighted by Gasteiger charge is 2.39. The summed E-state index contributed by atoms with van der Waals surface area (Å²) in [6.07, 6.45) is 1.05. The van der Waals surface area contributed by atoms with Gasteiger partial charge in [-0.05, 0) is 30.9 Å². The number of carboxylic acid groups (broad SMARTS) is 1. The Morgan fingerprint density at radius 3 is 2.05 bits per heavy atom. The summed E-state index contributed by atoms with van der Waals surface area (Å²) in [5.41, 5.74) is 1.72. The fraction of sp³-hybridized carbons (Fsp3) is 0.500. The highest BCUT2D eigenvalue weighted by Crippen LogP contribution is 2.32. The number of urea groups is 1. The van der Waals surface area contributed by atoms with E-state index >= 15 is 0 Å². The predicted molar refractivity (Wildman–Crippen MR) is 77.6 cm³/mol. The Morgan fingerprint density at radius 2 is 1.57 bits per heavy atom. The maximum absolute atomic E-state index is 12.6. The van der Waals surface area contributed by atoms with Gasteiger partial charge in [0.15, 0.2) is 0 Å². The van der Waals surface area contributed by atoms with E-state index < -0.39 is 11.4 Å². The van der Waals surface area contributed by atoms with Gasteiger partial charge < -0.3 is 14.9 Å². The van der Waals surface area contributed by atoms with Gasteiger partial charge in [0.1, 0.15) is 0 Å². The molecule has 3 rings (SSSR count). The van der Waals surface area contributed by atoms with Crippen molar-refractivity contribution in [2.75, 3.05) is 13.1 Å². The van der Waals surface area contributed by atoms with Crippen LogP contribution in [0.2, 0.25) is 0 Å². The van der Waals surface area contributed by atoms with Crippen molar-refractivity contribution in [2.24, 2.45) is 5.41 Å². The second-order valence-corrected chi connectivity index (χ2v) is 6.26. The minimum Gasteiger partial charge on any atom is -0.481 e. The number of rotatable bonds is 1. The normalized spacial score (nSPS) is 20.2. The van der Waals surface area contributed by atoms with Crippen LogP contribution in [0.4, 0.5) is 4.79 Å². The lowest BCUT2D eigenvalue weighted by Gasteiger charge is -2.38. The van der Waals surface area contributed by atoms with Gasteiger partial charge in [-0.2, -0.15) is 0 Å². The quantitative estimate of drug-likeness (QED) is 0.862. The van der Waals surface area contributed by atoms with Gasteiger partial charge in [-0.1, -0.05) is 24.3 Å². The maximum atomic E-state index is 12.6. The molecule has 5 heteroatoms. The van der Waals surface area contributed by atoms with E-state index in [0.29, 0.717) is 39.0 Å². The molecule has 0 radical (unpaired) electrons. The number of likely N-dealkylation sites (tertiary alicyclic amines) is 1. The van der Waals surface area contributed by atoms with Crippen molar-refractivity contribution in [2.45, 2.75) is 32.9 Å². The zero-order valence-electron chi connectivity index (χ0n) is 12.2. The van der Waals surface area contributed by atoms with Crippen LogP contribution in [0.1, 0.15) is 30.9 Å². The Hall–Kier alpha value is -2.04. The summed E-state index contributed by atoms with van der Waals surface area (Å²) < 4.78 is 0. The third kappa shape index (κ3) is 2.48. The molecule has 0 atom stereocenters. The number of benzene rings is 1. The summed E-state index contributed by atoms with van der Waals surface area (Å²) >= 11 is 0. The number of carboxylic acids is 1. The van der Waals surface area contributed by atoms with Crippen LogP contribution in [0.15, 0.2) is 24.3 Å². The zero-order chi connectivity index (χ0) is 15.0. The van der Waals surface area contributed by atoms with Gasteiger partial charge in [0.05, 0.1) is 5.41 Å². The van der Waals surface area contributed by atoms with E-state index in [1.54, 1.807) is 11.8 Å². The van der Waals surface area contributed by atoms with Crippen molar-refractivity contribution < 1.29 is 14.7 Å². The van der Waals surface area contributed by atoms with Crippen LogP contribution in [0, 0.1) is 5.41 Å². The SMILES string of the molecule is CC1(C(=O)O)CCN(C(=O)N2Cc3ccccc3C2)CC1. The Kier molecular flexibility index (Phi) is 3.35. The van der Waals surface area contributed by atoms with Crippen LogP contribution in [0.3, 0.4) is 0 Å². The van der Waals surface area contributed by atoms with Crippen molar-refractivity contribution >= 4 is 12.0 Å². The summed E-state index contributed by atoms with van der Waals surface area (Å²) in [4.78, 5) is 27.4. The molecule has 1 aromatic carbocycles. The van der Waals surface area contributed by atoms with Gasteiger partial charge in [0.25, 0.3) is 0 Å². The Balaban J connectivity index is 1.63. The number of carbonyl (C=O) groups excluding carboxylic acids is 1. The Morgan fingerprint density at radius 1 is 1.05 bits per heavy atom. The van der Waals surface area contributed by atoms with Gasteiger partial charge in [0, 0.05) is 26.2 Å². The molecular weight excluding hydrogens is 268 g/mol. The lowest BCUT2D eigenvalue weighted by atomic mass is 9.80. The molecule has 21 heavy (non-hydrogen) atoms. The standard InChI is InChI=1S/C16H20N2O3/c1-16(14(19)20)6-8-17(9-7-16)15(21)18-10-12-4-2-3-5-13(12)11-18/h2-5H,6-11H2,1H3,(H,19,20). The molecule has 112 valence electrons. The highest BCUT2D eigenvalue weighted by molar-refractivity contribution is 5.77. The van der Waals surface area contributed by atoms with Crippen molar-refractivity contribution in [3.8, 4) is 0 Å². The molecule has 1 saturated heterocycles. The smallest absolute Gasteiger partial charge is 0.320 e. The number of aliphatic carboxylic acids is 1. The first kappa shape index (κ1) is 13.9. The summed E-state index contributed by atoms with van der Waals surface area (Å²) in [7, 11) is 0. The molecule has 2 amide bonds. The molecule has 5 nitrogen and oxygen atoms in total. The minimum absolute atomic E-state index is 0.0265. The van der Waals surface area contributed by atoms with E-state index in [4.69, 9.17) is 0 Å². The van der Waals surface area contributed by atoms with Crippen molar-refractivity contribution in [3.05, 3.63) is 35.4 Å². The number of piperidine rings is 1. The summed E-state index contributed by atoms with van der Waals surface area (Å²) in [5.74, 6) is -0.761. The van der Waals surface area contributed by atoms with E-state index in [0.717, 1.165) is 0 Å². The molecule has 2 heterocycles. The van der Waals surface area contributed by atoms with Gasteiger partial charge in [-0.25, -0.2) is 4.79 Å². The molecule has 1 fully saturated rings. The number of nitrogens with zero attached hydrogens (tertiary/aromatic N) is 2. The number of fused-ring (bicyclic) bond motifs is 1. The highest BCUT2D eigenvalue weighted by atomic mass is 16.4. The van der Waals surface area contributed by atoms with Crippen LogP contribution in [-0.4, -0.2) is 40.0 Å². The zero-order valence-corrected chi connectivity index (χ0v) is 12.2. The van der Waals surface area contributed by atoms with E-state index in [9.17, 15) is 14.7 Å². The molecule has 1 N–H and O–H groups in total. The maximum Gasteiger partial charge on any atom is 0.320 e. The molecule has 2 aliphatic rings. The molecule has 1 aromatic rings. The molecule has 0 aliphatic carbocycles. The van der Waals surface area contributed by atoms with Gasteiger partial charge in [-0.15, -0.1) is 0 Å². The van der Waals surface area contributed by atoms with Crippen molar-refractivity contribution in [1.29, 1.82) is 0 Å². The van der Waals surface area contributed by atoms with Crippen molar-refractivity contribution in [1.82, 2.24) is 9.80 Å². The predicted octanol–water partition coefficient (Wildman–Crippen LogP) is 2.31. The van der Waals surface area contributed by atoms with E-state index in [1.807, 2.05) is 17.0 Å². The lowest BCUT2D eigenvalue weighted by molar-refractivity contribution is -0.150. The van der Waals surface area contributed by atoms with E-state index in [2.05, 4.69) is 12.1 Å². The second-order valence-electron chi connectivity index (χ2n) is 6.26. The first-order chi connectivity index (χ1) is 9.99. The minimum atomic E-state index is -0.761. The average Bonchev–Trinajstić information content (AvgIpc) is 2.91. The second kappa shape index (κ2) is 5.06. The van der Waals surface area contributed by atoms with E-state index in [1.165, 1.54) is 11.1 Å². The van der Waals surface area contributed by atoms with E-state index in [-0.39, 0.29) is 6.03 Å². The number of amides is 2. The van der Waals surface area contributed by atoms with Gasteiger partial charge in [-0.3, -0.25) is 4.79 Å². The molecule has 0 spiro atoms. The number of hydrogen-bond acceptors (Lipinski definition) is 2. The monoisotopic (exact) mass is 288 g/mol. The molecule has 0 bridgehead atoms. The average molecular weight is 288 g/mol. The van der Waals surface area contributed by atoms with Crippen LogP contribution < -0.4 is 0 Å².